The quantitative estimate of drug-likeness (QED) is 0.852. The molecule has 0 unspecified atom stereocenters. The third-order valence-corrected chi connectivity index (χ3v) is 4.05. The van der Waals surface area contributed by atoms with Crippen LogP contribution in [0, 0.1) is 11.3 Å². The van der Waals surface area contributed by atoms with E-state index in [4.69, 9.17) is 16.9 Å². The van der Waals surface area contributed by atoms with Gasteiger partial charge in [0.1, 0.15) is 5.60 Å². The van der Waals surface area contributed by atoms with E-state index in [-0.39, 0.29) is 11.0 Å². The number of nitrogens with one attached hydrogen (secondary N) is 1. The Labute approximate surface area is 143 Å². The fourth-order valence-electron chi connectivity index (χ4n) is 2.59. The Bertz CT molecular complexity index is 541. The molecule has 0 aromatic heterocycles. The first-order valence-corrected chi connectivity index (χ1v) is 8.16. The minimum atomic E-state index is -0.318. The highest BCUT2D eigenvalue weighted by molar-refractivity contribution is 6.30. The first-order valence-electron chi connectivity index (χ1n) is 7.78. The second-order valence-corrected chi connectivity index (χ2v) is 7.14. The van der Waals surface area contributed by atoms with Gasteiger partial charge in [-0.25, -0.2) is 0 Å². The first kappa shape index (κ1) is 19.5. The summed E-state index contributed by atoms with van der Waals surface area (Å²) in [4.78, 5) is 9.60. The zero-order valence-corrected chi connectivity index (χ0v) is 14.8. The molecule has 0 atom stereocenters. The Balaban J connectivity index is 0.000000322. The van der Waals surface area contributed by atoms with Crippen molar-refractivity contribution in [2.24, 2.45) is 0 Å². The zero-order chi connectivity index (χ0) is 17.3. The number of hydrogen-bond donors (Lipinski definition) is 1. The monoisotopic (exact) mass is 336 g/mol. The summed E-state index contributed by atoms with van der Waals surface area (Å²) >= 11 is 6.03. The fourth-order valence-corrected chi connectivity index (χ4v) is 2.78. The van der Waals surface area contributed by atoms with Gasteiger partial charge in [-0.3, -0.25) is 4.79 Å². The maximum Gasteiger partial charge on any atom is 0.293 e. The normalized spacial score (nSPS) is 16.5. The van der Waals surface area contributed by atoms with E-state index < -0.39 is 0 Å². The van der Waals surface area contributed by atoms with Gasteiger partial charge in [0, 0.05) is 16.9 Å². The van der Waals surface area contributed by atoms with E-state index in [1.165, 1.54) is 5.56 Å². The van der Waals surface area contributed by atoms with Crippen LogP contribution in [0.5, 0.6) is 0 Å². The van der Waals surface area contributed by atoms with Gasteiger partial charge in [-0.15, -0.1) is 0 Å². The summed E-state index contributed by atoms with van der Waals surface area (Å²) in [5.74, 6) is 0. The summed E-state index contributed by atoms with van der Waals surface area (Å²) < 4.78 is 4.55. The Morgan fingerprint density at radius 2 is 2.04 bits per heavy atom. The smallest absolute Gasteiger partial charge is 0.293 e. The fraction of sp³-hybridized carbons (Fsp3) is 0.556. The van der Waals surface area contributed by atoms with Crippen molar-refractivity contribution in [1.29, 1.82) is 5.26 Å². The van der Waals surface area contributed by atoms with Gasteiger partial charge in [-0.2, -0.15) is 5.26 Å². The molecule has 1 aromatic rings. The number of carbonyl (C=O) groups is 1. The lowest BCUT2D eigenvalue weighted by atomic mass is 9.71. The van der Waals surface area contributed by atoms with Crippen LogP contribution in [0.15, 0.2) is 24.3 Å². The van der Waals surface area contributed by atoms with Crippen molar-refractivity contribution in [3.05, 3.63) is 34.9 Å². The van der Waals surface area contributed by atoms with Crippen molar-refractivity contribution in [3.8, 4) is 6.07 Å². The molecule has 1 fully saturated rings. The molecule has 1 aliphatic heterocycles. The molecule has 1 N–H and O–H groups in total. The van der Waals surface area contributed by atoms with Crippen molar-refractivity contribution >= 4 is 18.1 Å². The molecule has 0 bridgehead atoms. The lowest BCUT2D eigenvalue weighted by Crippen LogP contribution is -2.39. The predicted octanol–water partition coefficient (Wildman–Crippen LogP) is 3.83. The van der Waals surface area contributed by atoms with E-state index in [1.807, 2.05) is 39.0 Å². The SMILES string of the molecule is CC(C)(C)OC=O.N#CCC1(c2cccc(Cl)c2)CCNCC1. The van der Waals surface area contributed by atoms with Gasteiger partial charge in [0.15, 0.2) is 0 Å². The van der Waals surface area contributed by atoms with Gasteiger partial charge in [0.05, 0.1) is 6.07 Å². The molecule has 23 heavy (non-hydrogen) atoms. The summed E-state index contributed by atoms with van der Waals surface area (Å²) in [6.07, 6.45) is 2.61. The highest BCUT2D eigenvalue weighted by Gasteiger charge is 2.33. The van der Waals surface area contributed by atoms with Crippen LogP contribution >= 0.6 is 11.6 Å². The van der Waals surface area contributed by atoms with Crippen molar-refractivity contribution < 1.29 is 9.53 Å². The topological polar surface area (TPSA) is 62.1 Å². The van der Waals surface area contributed by atoms with Gasteiger partial charge in [0.25, 0.3) is 6.47 Å². The molecule has 1 heterocycles. The van der Waals surface area contributed by atoms with Crippen LogP contribution in [-0.2, 0) is 14.9 Å². The second kappa shape index (κ2) is 8.90. The molecule has 4 nitrogen and oxygen atoms in total. The van der Waals surface area contributed by atoms with E-state index in [1.54, 1.807) is 0 Å². The molecule has 0 radical (unpaired) electrons. The predicted molar refractivity (Wildman–Crippen MR) is 92.4 cm³/mol. The molecule has 126 valence electrons. The highest BCUT2D eigenvalue weighted by atomic mass is 35.5. The Morgan fingerprint density at radius 3 is 2.48 bits per heavy atom. The van der Waals surface area contributed by atoms with E-state index in [0.717, 1.165) is 31.0 Å². The summed E-state index contributed by atoms with van der Waals surface area (Å²) in [6, 6.07) is 10.3. The Morgan fingerprint density at radius 1 is 1.39 bits per heavy atom. The summed E-state index contributed by atoms with van der Waals surface area (Å²) in [5, 5.41) is 13.1. The molecule has 5 heteroatoms. The van der Waals surface area contributed by atoms with Crippen molar-refractivity contribution in [2.75, 3.05) is 13.1 Å². The van der Waals surface area contributed by atoms with Gasteiger partial charge in [0.2, 0.25) is 0 Å². The van der Waals surface area contributed by atoms with Crippen LogP contribution in [0.25, 0.3) is 0 Å². The molecular weight excluding hydrogens is 312 g/mol. The van der Waals surface area contributed by atoms with Gasteiger partial charge >= 0.3 is 0 Å². The van der Waals surface area contributed by atoms with Crippen LogP contribution in [-0.4, -0.2) is 25.2 Å². The average molecular weight is 337 g/mol. The van der Waals surface area contributed by atoms with Gasteiger partial charge in [-0.1, -0.05) is 23.7 Å². The standard InChI is InChI=1S/C13H15ClN2.C5H10O2/c14-12-3-1-2-11(10-12)13(4-7-15)5-8-16-9-6-13;1-5(2,3)7-4-6/h1-3,10,16H,4-6,8-9H2;4H,1-3H3. The van der Waals surface area contributed by atoms with Crippen LogP contribution < -0.4 is 5.32 Å². The molecule has 0 amide bonds. The van der Waals surface area contributed by atoms with Gasteiger partial charge in [-0.05, 0) is 64.4 Å². The Hall–Kier alpha value is -1.57. The molecular formula is C18H25ClN2O2. The van der Waals surface area contributed by atoms with E-state index in [9.17, 15) is 4.79 Å². The number of nitrogens with zero attached hydrogens (tertiary/aromatic N) is 1. The van der Waals surface area contributed by atoms with Crippen LogP contribution in [0.1, 0.15) is 45.6 Å². The van der Waals surface area contributed by atoms with Gasteiger partial charge < -0.3 is 10.1 Å². The van der Waals surface area contributed by atoms with Crippen molar-refractivity contribution in [1.82, 2.24) is 5.32 Å². The first-order chi connectivity index (χ1) is 10.8. The largest absolute Gasteiger partial charge is 0.462 e. The number of benzene rings is 1. The lowest BCUT2D eigenvalue weighted by molar-refractivity contribution is -0.138. The number of halogens is 1. The number of nitriles is 1. The molecule has 2 rings (SSSR count). The summed E-state index contributed by atoms with van der Waals surface area (Å²) in [7, 11) is 0. The average Bonchev–Trinajstić information content (AvgIpc) is 2.48. The molecule has 1 aromatic carbocycles. The molecule has 1 aliphatic rings. The molecule has 0 saturated carbocycles. The van der Waals surface area contributed by atoms with Crippen molar-refractivity contribution in [2.45, 2.75) is 51.0 Å². The molecule has 0 spiro atoms. The molecule has 1 saturated heterocycles. The minimum Gasteiger partial charge on any atom is -0.462 e. The van der Waals surface area contributed by atoms with E-state index in [2.05, 4.69) is 22.2 Å². The number of carbonyl (C=O) groups excluding carboxylic acids is 1. The van der Waals surface area contributed by atoms with E-state index >= 15 is 0 Å². The second-order valence-electron chi connectivity index (χ2n) is 6.70. The van der Waals surface area contributed by atoms with Crippen LogP contribution in [0.4, 0.5) is 0 Å². The van der Waals surface area contributed by atoms with Crippen LogP contribution in [0.3, 0.4) is 0 Å². The maximum absolute atomic E-state index is 9.60. The number of rotatable bonds is 3. The van der Waals surface area contributed by atoms with Crippen molar-refractivity contribution in [3.63, 3.8) is 0 Å². The lowest BCUT2D eigenvalue weighted by Gasteiger charge is -2.36. The third-order valence-electron chi connectivity index (χ3n) is 3.82. The number of hydrogen-bond acceptors (Lipinski definition) is 4. The minimum absolute atomic E-state index is 0.00486. The Kier molecular flexibility index (Phi) is 7.54. The number of ether oxygens (including phenoxy) is 1. The van der Waals surface area contributed by atoms with E-state index in [0.29, 0.717) is 12.9 Å². The molecule has 0 aliphatic carbocycles. The highest BCUT2D eigenvalue weighted by Crippen LogP contribution is 2.37. The summed E-state index contributed by atoms with van der Waals surface area (Å²) in [5.41, 5.74) is 0.898. The van der Waals surface area contributed by atoms with Crippen LogP contribution in [0.2, 0.25) is 5.02 Å². The number of piperidine rings is 1. The zero-order valence-electron chi connectivity index (χ0n) is 14.1. The third kappa shape index (κ3) is 6.60. The summed E-state index contributed by atoms with van der Waals surface area (Å²) in [6.45, 7) is 7.88. The maximum atomic E-state index is 9.60.